The number of thioether (sulfide) groups is 1. The number of rotatable bonds is 4. The largest absolute Gasteiger partial charge is 0.411 e. The zero-order valence-electron chi connectivity index (χ0n) is 11.9. The van der Waals surface area contributed by atoms with E-state index in [-0.39, 0.29) is 0 Å². The fourth-order valence-electron chi connectivity index (χ4n) is 1.97. The molecule has 4 nitrogen and oxygen atoms in total. The van der Waals surface area contributed by atoms with Crippen molar-refractivity contribution in [1.29, 1.82) is 0 Å². The summed E-state index contributed by atoms with van der Waals surface area (Å²) < 4.78 is 5.67. The second-order valence-electron chi connectivity index (χ2n) is 4.83. The van der Waals surface area contributed by atoms with Gasteiger partial charge in [0.2, 0.25) is 5.89 Å². The maximum atomic E-state index is 5.67. The van der Waals surface area contributed by atoms with Gasteiger partial charge in [0.05, 0.1) is 0 Å². The molecule has 1 aromatic carbocycles. The Morgan fingerprint density at radius 3 is 2.67 bits per heavy atom. The van der Waals surface area contributed by atoms with Crippen LogP contribution in [0.2, 0.25) is 0 Å². The van der Waals surface area contributed by atoms with Crippen molar-refractivity contribution in [2.24, 2.45) is 0 Å². The third-order valence-corrected chi connectivity index (χ3v) is 4.06. The van der Waals surface area contributed by atoms with E-state index >= 15 is 0 Å². The lowest BCUT2D eigenvalue weighted by Crippen LogP contribution is -1.87. The highest BCUT2D eigenvalue weighted by atomic mass is 32.2. The van der Waals surface area contributed by atoms with Gasteiger partial charge < -0.3 is 4.42 Å². The molecule has 0 aliphatic heterocycles. The molecule has 21 heavy (non-hydrogen) atoms. The summed E-state index contributed by atoms with van der Waals surface area (Å²) in [6.07, 6.45) is 3.42. The molecule has 3 rings (SSSR count). The SMILES string of the molecule is Cc1ccc(C)c(CSc2nnc(-c3ccncc3)o2)c1. The predicted octanol–water partition coefficient (Wildman–Crippen LogP) is 4.04. The van der Waals surface area contributed by atoms with Gasteiger partial charge in [-0.25, -0.2) is 0 Å². The van der Waals surface area contributed by atoms with Crippen molar-refractivity contribution < 1.29 is 4.42 Å². The van der Waals surface area contributed by atoms with E-state index in [2.05, 4.69) is 47.2 Å². The molecule has 106 valence electrons. The van der Waals surface area contributed by atoms with Gasteiger partial charge in [-0.2, -0.15) is 0 Å². The van der Waals surface area contributed by atoms with E-state index in [4.69, 9.17) is 4.42 Å². The van der Waals surface area contributed by atoms with Gasteiger partial charge >= 0.3 is 0 Å². The lowest BCUT2D eigenvalue weighted by Gasteiger charge is -2.04. The first-order valence-corrected chi connectivity index (χ1v) is 7.64. The van der Waals surface area contributed by atoms with Gasteiger partial charge in [-0.1, -0.05) is 35.5 Å². The molecule has 0 unspecified atom stereocenters. The average Bonchev–Trinajstić information content (AvgIpc) is 2.98. The highest BCUT2D eigenvalue weighted by Gasteiger charge is 2.09. The van der Waals surface area contributed by atoms with Gasteiger partial charge in [0, 0.05) is 23.7 Å². The number of benzene rings is 1. The molecule has 3 aromatic rings. The van der Waals surface area contributed by atoms with Crippen LogP contribution in [0.3, 0.4) is 0 Å². The summed E-state index contributed by atoms with van der Waals surface area (Å²) in [7, 11) is 0. The molecule has 0 atom stereocenters. The Bertz CT molecular complexity index is 740. The summed E-state index contributed by atoms with van der Waals surface area (Å²) in [5.41, 5.74) is 4.72. The van der Waals surface area contributed by atoms with Crippen LogP contribution in [0.15, 0.2) is 52.4 Å². The molecule has 0 fully saturated rings. The van der Waals surface area contributed by atoms with E-state index in [1.807, 2.05) is 12.1 Å². The predicted molar refractivity (Wildman–Crippen MR) is 83.0 cm³/mol. The first-order chi connectivity index (χ1) is 10.2. The summed E-state index contributed by atoms with van der Waals surface area (Å²) in [5.74, 6) is 1.35. The molecule has 0 aliphatic carbocycles. The van der Waals surface area contributed by atoms with Crippen LogP contribution in [0, 0.1) is 13.8 Å². The van der Waals surface area contributed by atoms with Crippen LogP contribution in [0.25, 0.3) is 11.5 Å². The molecule has 0 aliphatic rings. The van der Waals surface area contributed by atoms with E-state index in [0.717, 1.165) is 11.3 Å². The lowest BCUT2D eigenvalue weighted by molar-refractivity contribution is 0.466. The quantitative estimate of drug-likeness (QED) is 0.680. The van der Waals surface area contributed by atoms with Crippen molar-refractivity contribution in [3.63, 3.8) is 0 Å². The second kappa shape index (κ2) is 6.10. The van der Waals surface area contributed by atoms with Crippen molar-refractivity contribution in [2.45, 2.75) is 24.8 Å². The zero-order valence-corrected chi connectivity index (χ0v) is 12.7. The minimum Gasteiger partial charge on any atom is -0.411 e. The smallest absolute Gasteiger partial charge is 0.277 e. The molecule has 0 N–H and O–H groups in total. The summed E-state index contributed by atoms with van der Waals surface area (Å²) in [5, 5.41) is 8.74. The van der Waals surface area contributed by atoms with Gasteiger partial charge in [0.25, 0.3) is 5.22 Å². The Morgan fingerprint density at radius 1 is 1.05 bits per heavy atom. The third kappa shape index (κ3) is 3.31. The molecular weight excluding hydrogens is 282 g/mol. The molecule has 0 amide bonds. The Morgan fingerprint density at radius 2 is 1.86 bits per heavy atom. The van der Waals surface area contributed by atoms with Gasteiger partial charge in [0.1, 0.15) is 0 Å². The number of aromatic nitrogens is 3. The molecule has 0 saturated heterocycles. The van der Waals surface area contributed by atoms with E-state index in [0.29, 0.717) is 11.1 Å². The maximum absolute atomic E-state index is 5.67. The first kappa shape index (κ1) is 13.8. The van der Waals surface area contributed by atoms with Crippen LogP contribution < -0.4 is 0 Å². The summed E-state index contributed by atoms with van der Waals surface area (Å²) >= 11 is 1.56. The topological polar surface area (TPSA) is 51.8 Å². The molecule has 0 bridgehead atoms. The summed E-state index contributed by atoms with van der Waals surface area (Å²) in [6, 6.07) is 10.2. The summed E-state index contributed by atoms with van der Waals surface area (Å²) in [6.45, 7) is 4.22. The highest BCUT2D eigenvalue weighted by Crippen LogP contribution is 2.26. The van der Waals surface area contributed by atoms with Crippen molar-refractivity contribution in [3.05, 3.63) is 59.4 Å². The van der Waals surface area contributed by atoms with Gasteiger partial charge in [-0.3, -0.25) is 4.98 Å². The van der Waals surface area contributed by atoms with Crippen LogP contribution in [0.4, 0.5) is 0 Å². The van der Waals surface area contributed by atoms with Crippen LogP contribution in [-0.2, 0) is 5.75 Å². The van der Waals surface area contributed by atoms with E-state index in [1.165, 1.54) is 16.7 Å². The van der Waals surface area contributed by atoms with Crippen molar-refractivity contribution in [2.75, 3.05) is 0 Å². The van der Waals surface area contributed by atoms with E-state index < -0.39 is 0 Å². The number of aryl methyl sites for hydroxylation is 2. The Balaban J connectivity index is 1.72. The zero-order chi connectivity index (χ0) is 14.7. The lowest BCUT2D eigenvalue weighted by atomic mass is 10.1. The van der Waals surface area contributed by atoms with Crippen LogP contribution in [0.1, 0.15) is 16.7 Å². The van der Waals surface area contributed by atoms with E-state index in [9.17, 15) is 0 Å². The van der Waals surface area contributed by atoms with Crippen molar-refractivity contribution in [1.82, 2.24) is 15.2 Å². The van der Waals surface area contributed by atoms with Gasteiger partial charge in [-0.05, 0) is 37.1 Å². The Labute approximate surface area is 127 Å². The van der Waals surface area contributed by atoms with Gasteiger partial charge in [0.15, 0.2) is 0 Å². The standard InChI is InChI=1S/C16H15N3OS/c1-11-3-4-12(2)14(9-11)10-21-16-19-18-15(20-16)13-5-7-17-8-6-13/h3-9H,10H2,1-2H3. The normalized spacial score (nSPS) is 10.8. The monoisotopic (exact) mass is 297 g/mol. The average molecular weight is 297 g/mol. The maximum Gasteiger partial charge on any atom is 0.277 e. The first-order valence-electron chi connectivity index (χ1n) is 6.65. The highest BCUT2D eigenvalue weighted by molar-refractivity contribution is 7.98. The van der Waals surface area contributed by atoms with Crippen LogP contribution >= 0.6 is 11.8 Å². The molecule has 2 heterocycles. The number of nitrogens with zero attached hydrogens (tertiary/aromatic N) is 3. The number of hydrogen-bond acceptors (Lipinski definition) is 5. The van der Waals surface area contributed by atoms with Crippen molar-refractivity contribution in [3.8, 4) is 11.5 Å². The minimum absolute atomic E-state index is 0.529. The number of hydrogen-bond donors (Lipinski definition) is 0. The molecule has 0 saturated carbocycles. The molecule has 5 heteroatoms. The van der Waals surface area contributed by atoms with Crippen LogP contribution in [0.5, 0.6) is 0 Å². The van der Waals surface area contributed by atoms with Crippen molar-refractivity contribution >= 4 is 11.8 Å². The second-order valence-corrected chi connectivity index (χ2v) is 5.75. The fraction of sp³-hybridized carbons (Fsp3) is 0.188. The number of pyridine rings is 1. The molecular formula is C16H15N3OS. The fourth-order valence-corrected chi connectivity index (χ4v) is 2.80. The van der Waals surface area contributed by atoms with E-state index in [1.54, 1.807) is 24.2 Å². The summed E-state index contributed by atoms with van der Waals surface area (Å²) in [4.78, 5) is 3.98. The minimum atomic E-state index is 0.529. The Hall–Kier alpha value is -2.14. The third-order valence-electron chi connectivity index (χ3n) is 3.19. The van der Waals surface area contributed by atoms with Gasteiger partial charge in [-0.15, -0.1) is 10.2 Å². The molecule has 2 aromatic heterocycles. The van der Waals surface area contributed by atoms with Crippen LogP contribution in [-0.4, -0.2) is 15.2 Å². The molecule has 0 radical (unpaired) electrons. The molecule has 0 spiro atoms. The Kier molecular flexibility index (Phi) is 4.01.